The van der Waals surface area contributed by atoms with Gasteiger partial charge in [0.05, 0.1) is 16.6 Å². The van der Waals surface area contributed by atoms with Gasteiger partial charge in [-0.05, 0) is 93.1 Å². The van der Waals surface area contributed by atoms with Gasteiger partial charge < -0.3 is 15.1 Å². The average molecular weight is 539 g/mol. The summed E-state index contributed by atoms with van der Waals surface area (Å²) in [5, 5.41) is 4.11. The van der Waals surface area contributed by atoms with Gasteiger partial charge in [0.2, 0.25) is 0 Å². The summed E-state index contributed by atoms with van der Waals surface area (Å²) >= 11 is 0. The molecule has 39 heavy (non-hydrogen) atoms. The number of unbranched alkanes of at least 4 members (excludes halogenated alkanes) is 1. The molecular formula is C31H37F3N4O. The first-order valence-corrected chi connectivity index (χ1v) is 14.2. The van der Waals surface area contributed by atoms with Crippen LogP contribution in [-0.2, 0) is 19.1 Å². The second kappa shape index (κ2) is 11.9. The molecule has 8 heteroatoms. The molecule has 0 saturated carbocycles. The van der Waals surface area contributed by atoms with Crippen LogP contribution in [0.15, 0.2) is 48.5 Å². The summed E-state index contributed by atoms with van der Waals surface area (Å²) in [5.41, 5.74) is 2.61. The molecule has 1 aromatic heterocycles. The summed E-state index contributed by atoms with van der Waals surface area (Å²) in [6.07, 6.45) is 3.25. The van der Waals surface area contributed by atoms with Crippen LogP contribution >= 0.6 is 0 Å². The second-order valence-electron chi connectivity index (χ2n) is 10.9. The van der Waals surface area contributed by atoms with E-state index in [0.29, 0.717) is 23.5 Å². The van der Waals surface area contributed by atoms with Crippen LogP contribution < -0.4 is 5.32 Å². The van der Waals surface area contributed by atoms with Crippen LogP contribution in [0, 0.1) is 0 Å². The van der Waals surface area contributed by atoms with Crippen LogP contribution in [-0.4, -0.2) is 52.9 Å². The molecular weight excluding hydrogens is 501 g/mol. The van der Waals surface area contributed by atoms with E-state index in [1.165, 1.54) is 30.5 Å². The van der Waals surface area contributed by atoms with E-state index in [1.807, 2.05) is 17.0 Å². The third kappa shape index (κ3) is 6.55. The number of fused-ring (bicyclic) bond motifs is 1. The number of carbonyl (C=O) groups is 1. The van der Waals surface area contributed by atoms with Gasteiger partial charge in [-0.25, -0.2) is 4.98 Å². The number of anilines is 1. The van der Waals surface area contributed by atoms with Crippen molar-refractivity contribution in [1.82, 2.24) is 14.8 Å². The van der Waals surface area contributed by atoms with Crippen molar-refractivity contribution in [2.45, 2.75) is 70.6 Å². The maximum absolute atomic E-state index is 14.1. The normalized spacial score (nSPS) is 18.3. The van der Waals surface area contributed by atoms with E-state index in [1.54, 1.807) is 0 Å². The van der Waals surface area contributed by atoms with E-state index in [2.05, 4.69) is 29.3 Å². The van der Waals surface area contributed by atoms with Crippen molar-refractivity contribution in [2.75, 3.05) is 31.5 Å². The van der Waals surface area contributed by atoms with Crippen LogP contribution in [0.25, 0.3) is 10.9 Å². The number of aryl methyl sites for hydroxylation is 1. The molecule has 2 aliphatic rings. The first kappa shape index (κ1) is 27.4. The minimum absolute atomic E-state index is 0.0364. The third-order valence-corrected chi connectivity index (χ3v) is 7.98. The van der Waals surface area contributed by atoms with Gasteiger partial charge in [-0.3, -0.25) is 4.79 Å². The number of likely N-dealkylation sites (tertiary alicyclic amines) is 2. The number of nitrogens with zero attached hydrogens (tertiary/aromatic N) is 3. The highest BCUT2D eigenvalue weighted by Gasteiger charge is 2.33. The zero-order chi connectivity index (χ0) is 27.4. The molecule has 0 spiro atoms. The number of benzene rings is 2. The van der Waals surface area contributed by atoms with Crippen molar-refractivity contribution in [3.05, 3.63) is 70.8 Å². The highest BCUT2D eigenvalue weighted by molar-refractivity contribution is 6.07. The highest BCUT2D eigenvalue weighted by Crippen LogP contribution is 2.30. The monoisotopic (exact) mass is 538 g/mol. The van der Waals surface area contributed by atoms with Crippen molar-refractivity contribution in [2.24, 2.45) is 0 Å². The number of aromatic nitrogens is 1. The number of halogens is 3. The number of pyridine rings is 1. The molecule has 0 unspecified atom stereocenters. The number of nitrogens with one attached hydrogen (secondary N) is 1. The summed E-state index contributed by atoms with van der Waals surface area (Å²) in [6, 6.07) is 13.3. The summed E-state index contributed by atoms with van der Waals surface area (Å²) < 4.78 is 38.8. The summed E-state index contributed by atoms with van der Waals surface area (Å²) in [6.45, 7) is 6.37. The summed E-state index contributed by atoms with van der Waals surface area (Å²) in [4.78, 5) is 23.4. The van der Waals surface area contributed by atoms with Crippen molar-refractivity contribution in [3.63, 3.8) is 0 Å². The van der Waals surface area contributed by atoms with Gasteiger partial charge in [0.15, 0.2) is 0 Å². The van der Waals surface area contributed by atoms with Crippen LogP contribution in [0.2, 0.25) is 0 Å². The van der Waals surface area contributed by atoms with Crippen molar-refractivity contribution < 1.29 is 18.0 Å². The largest absolute Gasteiger partial charge is 0.416 e. The van der Waals surface area contributed by atoms with Crippen molar-refractivity contribution in [3.8, 4) is 0 Å². The quantitative estimate of drug-likeness (QED) is 0.322. The molecule has 2 aromatic carbocycles. The Bertz CT molecular complexity index is 1290. The van der Waals surface area contributed by atoms with E-state index in [9.17, 15) is 18.0 Å². The predicted octanol–water partition coefficient (Wildman–Crippen LogP) is 6.91. The summed E-state index contributed by atoms with van der Waals surface area (Å²) in [7, 11) is 0. The molecule has 5 nitrogen and oxygen atoms in total. The smallest absolute Gasteiger partial charge is 0.366 e. The Kier molecular flexibility index (Phi) is 8.40. The average Bonchev–Trinajstić information content (AvgIpc) is 3.62. The lowest BCUT2D eigenvalue weighted by molar-refractivity contribution is -0.137. The lowest BCUT2D eigenvalue weighted by Crippen LogP contribution is -2.42. The Balaban J connectivity index is 1.42. The number of amides is 1. The second-order valence-corrected chi connectivity index (χ2v) is 10.9. The van der Waals surface area contributed by atoms with Crippen LogP contribution in [0.5, 0.6) is 0 Å². The predicted molar refractivity (Wildman–Crippen MR) is 149 cm³/mol. The van der Waals surface area contributed by atoms with E-state index < -0.39 is 11.7 Å². The van der Waals surface area contributed by atoms with Gasteiger partial charge in [0.25, 0.3) is 5.91 Å². The van der Waals surface area contributed by atoms with Crippen LogP contribution in [0.3, 0.4) is 0 Å². The number of rotatable bonds is 9. The molecule has 0 radical (unpaired) electrons. The Labute approximate surface area is 228 Å². The van der Waals surface area contributed by atoms with Gasteiger partial charge in [-0.2, -0.15) is 13.2 Å². The lowest BCUT2D eigenvalue weighted by Gasteiger charge is -2.29. The fourth-order valence-electron chi connectivity index (χ4n) is 5.79. The standard InChI is InChI=1S/C31H37F3N4O/c1-2-3-7-22-11-14-28-26(18-22)27(30(39)38-17-6-8-25(38)21-37-15-4-5-16-37)19-29(36-28)35-20-23-9-12-24(13-10-23)31(32,33)34/h9-14,18-19,25H,2-8,15-17,20-21H2,1H3,(H,35,36)/t25-/m0/s1. The van der Waals surface area contributed by atoms with Crippen molar-refractivity contribution >= 4 is 22.6 Å². The number of carbonyl (C=O) groups excluding carboxylic acids is 1. The van der Waals surface area contributed by atoms with Gasteiger partial charge in [0, 0.05) is 31.1 Å². The first-order chi connectivity index (χ1) is 18.8. The van der Waals surface area contributed by atoms with Crippen LogP contribution in [0.4, 0.5) is 19.0 Å². The number of hydrogen-bond donors (Lipinski definition) is 1. The Morgan fingerprint density at radius 1 is 1.00 bits per heavy atom. The molecule has 208 valence electrons. The molecule has 3 aromatic rings. The fraction of sp³-hybridized carbons (Fsp3) is 0.484. The highest BCUT2D eigenvalue weighted by atomic mass is 19.4. The maximum atomic E-state index is 14.1. The van der Waals surface area contributed by atoms with Gasteiger partial charge in [-0.15, -0.1) is 0 Å². The van der Waals surface area contributed by atoms with E-state index in [0.717, 1.165) is 81.3 Å². The van der Waals surface area contributed by atoms with Crippen molar-refractivity contribution in [1.29, 1.82) is 0 Å². The molecule has 1 amide bonds. The van der Waals surface area contributed by atoms with Gasteiger partial charge in [-0.1, -0.05) is 31.5 Å². The first-order valence-electron chi connectivity index (χ1n) is 14.2. The fourth-order valence-corrected chi connectivity index (χ4v) is 5.79. The minimum Gasteiger partial charge on any atom is -0.366 e. The lowest BCUT2D eigenvalue weighted by atomic mass is 10.0. The Morgan fingerprint density at radius 3 is 2.46 bits per heavy atom. The Morgan fingerprint density at radius 2 is 1.74 bits per heavy atom. The summed E-state index contributed by atoms with van der Waals surface area (Å²) in [5.74, 6) is 0.580. The van der Waals surface area contributed by atoms with E-state index in [4.69, 9.17) is 4.98 Å². The molecule has 2 fully saturated rings. The van der Waals surface area contributed by atoms with Crippen LogP contribution in [0.1, 0.15) is 72.5 Å². The number of hydrogen-bond acceptors (Lipinski definition) is 4. The van der Waals surface area contributed by atoms with E-state index in [-0.39, 0.29) is 11.9 Å². The molecule has 3 heterocycles. The molecule has 0 aliphatic carbocycles. The zero-order valence-electron chi connectivity index (χ0n) is 22.6. The molecule has 1 N–H and O–H groups in total. The maximum Gasteiger partial charge on any atom is 0.416 e. The number of alkyl halides is 3. The molecule has 2 aliphatic heterocycles. The Hall–Kier alpha value is -3.13. The molecule has 1 atom stereocenters. The zero-order valence-corrected chi connectivity index (χ0v) is 22.6. The molecule has 5 rings (SSSR count). The minimum atomic E-state index is -4.36. The molecule has 2 saturated heterocycles. The van der Waals surface area contributed by atoms with Gasteiger partial charge >= 0.3 is 6.18 Å². The topological polar surface area (TPSA) is 48.5 Å². The van der Waals surface area contributed by atoms with E-state index >= 15 is 0 Å². The van der Waals surface area contributed by atoms with Gasteiger partial charge in [0.1, 0.15) is 5.82 Å². The SMILES string of the molecule is CCCCc1ccc2nc(NCc3ccc(C(F)(F)F)cc3)cc(C(=O)N3CCC[C@H]3CN3CCCC3)c2c1. The third-order valence-electron chi connectivity index (χ3n) is 7.98. The molecule has 0 bridgehead atoms.